The Kier molecular flexibility index (Phi) is 7.80. The van der Waals surface area contributed by atoms with Crippen LogP contribution in [0.5, 0.6) is 0 Å². The highest BCUT2D eigenvalue weighted by Crippen LogP contribution is 2.40. The Morgan fingerprint density at radius 2 is 1.85 bits per heavy atom. The molecule has 1 saturated carbocycles. The van der Waals surface area contributed by atoms with Crippen LogP contribution in [0.15, 0.2) is 65.2 Å². The lowest BCUT2D eigenvalue weighted by Crippen LogP contribution is -2.41. The molecule has 3 heterocycles. The molecule has 0 bridgehead atoms. The zero-order valence-corrected chi connectivity index (χ0v) is 22.4. The molecule has 3 unspecified atom stereocenters. The van der Waals surface area contributed by atoms with Crippen molar-refractivity contribution in [2.75, 3.05) is 32.7 Å². The molecule has 0 spiro atoms. The molecule has 0 radical (unpaired) electrons. The van der Waals surface area contributed by atoms with Gasteiger partial charge in [-0.05, 0) is 67.4 Å². The first-order chi connectivity index (χ1) is 19.0. The van der Waals surface area contributed by atoms with E-state index in [-0.39, 0.29) is 17.7 Å². The third kappa shape index (κ3) is 6.42. The second-order valence-corrected chi connectivity index (χ2v) is 11.8. The standard InChI is InChI=1S/C32H38FN3O3/c33-27-8-4-7-25(17-27)28-21-36(29(32(37)38)15-23-9-10-23)20-26(28)19-35-13-11-24(12-14-35)30-18-34-31(39-30)16-22-5-2-1-3-6-22/h1-8,17-18,23-24,26,28-29H,9-16,19-21H2,(H,37,38). The van der Waals surface area contributed by atoms with Gasteiger partial charge >= 0.3 is 5.97 Å². The number of hydrogen-bond donors (Lipinski definition) is 1. The molecule has 206 valence electrons. The summed E-state index contributed by atoms with van der Waals surface area (Å²) in [6.45, 7) is 4.26. The van der Waals surface area contributed by atoms with Gasteiger partial charge in [0, 0.05) is 37.9 Å². The van der Waals surface area contributed by atoms with Crippen LogP contribution in [0.2, 0.25) is 0 Å². The Bertz CT molecular complexity index is 1250. The minimum atomic E-state index is -0.722. The summed E-state index contributed by atoms with van der Waals surface area (Å²) in [5.41, 5.74) is 2.18. The van der Waals surface area contributed by atoms with Gasteiger partial charge < -0.3 is 14.4 Å². The molecule has 7 heteroatoms. The van der Waals surface area contributed by atoms with Crippen molar-refractivity contribution in [1.82, 2.24) is 14.8 Å². The largest absolute Gasteiger partial charge is 0.480 e. The maximum absolute atomic E-state index is 14.2. The lowest BCUT2D eigenvalue weighted by atomic mass is 9.87. The third-order valence-electron chi connectivity index (χ3n) is 8.98. The van der Waals surface area contributed by atoms with Gasteiger partial charge in [0.2, 0.25) is 0 Å². The number of aliphatic carboxylic acids is 1. The monoisotopic (exact) mass is 531 g/mol. The number of rotatable bonds is 10. The summed E-state index contributed by atoms with van der Waals surface area (Å²) in [7, 11) is 0. The van der Waals surface area contributed by atoms with Crippen molar-refractivity contribution in [3.63, 3.8) is 0 Å². The Morgan fingerprint density at radius 3 is 2.56 bits per heavy atom. The molecule has 3 aliphatic rings. The highest BCUT2D eigenvalue weighted by atomic mass is 19.1. The molecule has 0 amide bonds. The van der Waals surface area contributed by atoms with Gasteiger partial charge in [0.15, 0.2) is 5.89 Å². The average molecular weight is 532 g/mol. The number of carboxylic acid groups (broad SMARTS) is 1. The molecule has 1 aliphatic carbocycles. The second kappa shape index (κ2) is 11.6. The van der Waals surface area contributed by atoms with Crippen LogP contribution in [0, 0.1) is 17.7 Å². The number of hydrogen-bond acceptors (Lipinski definition) is 5. The molecule has 1 aromatic heterocycles. The van der Waals surface area contributed by atoms with Crippen LogP contribution >= 0.6 is 0 Å². The van der Waals surface area contributed by atoms with Crippen molar-refractivity contribution in [2.45, 2.75) is 56.4 Å². The summed E-state index contributed by atoms with van der Waals surface area (Å²) in [6, 6.07) is 16.7. The highest BCUT2D eigenvalue weighted by Gasteiger charge is 2.42. The van der Waals surface area contributed by atoms with E-state index in [0.717, 1.165) is 75.5 Å². The van der Waals surface area contributed by atoms with Gasteiger partial charge in [-0.2, -0.15) is 0 Å². The minimum absolute atomic E-state index is 0.134. The van der Waals surface area contributed by atoms with Gasteiger partial charge in [0.25, 0.3) is 0 Å². The first kappa shape index (κ1) is 26.2. The summed E-state index contributed by atoms with van der Waals surface area (Å²) in [4.78, 5) is 21.4. The van der Waals surface area contributed by atoms with Gasteiger partial charge in [-0.15, -0.1) is 0 Å². The zero-order chi connectivity index (χ0) is 26.8. The molecule has 2 aliphatic heterocycles. The van der Waals surface area contributed by atoms with Crippen LogP contribution in [0.25, 0.3) is 0 Å². The molecule has 1 N–H and O–H groups in total. The maximum atomic E-state index is 14.2. The van der Waals surface area contributed by atoms with Crippen LogP contribution in [-0.2, 0) is 11.2 Å². The lowest BCUT2D eigenvalue weighted by molar-refractivity contribution is -0.143. The number of carboxylic acids is 1. The molecular formula is C32H38FN3O3. The SMILES string of the molecule is O=C(O)C(CC1CC1)N1CC(CN2CCC(c3cnc(Cc4ccccc4)o3)CC2)C(c2cccc(F)c2)C1. The van der Waals surface area contributed by atoms with Gasteiger partial charge in [-0.1, -0.05) is 55.3 Å². The molecule has 2 aromatic carbocycles. The number of oxazole rings is 1. The summed E-state index contributed by atoms with van der Waals surface area (Å²) in [5.74, 6) is 2.11. The van der Waals surface area contributed by atoms with Crippen LogP contribution in [0.1, 0.15) is 66.7 Å². The van der Waals surface area contributed by atoms with Crippen molar-refractivity contribution < 1.29 is 18.7 Å². The smallest absolute Gasteiger partial charge is 0.320 e. The second-order valence-electron chi connectivity index (χ2n) is 11.8. The fourth-order valence-corrected chi connectivity index (χ4v) is 6.63. The van der Waals surface area contributed by atoms with Gasteiger partial charge in [0.05, 0.1) is 6.20 Å². The number of piperidine rings is 1. The molecule has 3 atom stereocenters. The molecule has 3 aromatic rings. The van der Waals surface area contributed by atoms with E-state index in [4.69, 9.17) is 4.42 Å². The Hall–Kier alpha value is -3.03. The summed E-state index contributed by atoms with van der Waals surface area (Å²) < 4.78 is 20.3. The number of carbonyl (C=O) groups is 1. The van der Waals surface area contributed by atoms with Crippen molar-refractivity contribution >= 4 is 5.97 Å². The van der Waals surface area contributed by atoms with E-state index in [2.05, 4.69) is 26.9 Å². The van der Waals surface area contributed by atoms with Crippen LogP contribution in [0.4, 0.5) is 4.39 Å². The molecule has 2 saturated heterocycles. The van der Waals surface area contributed by atoms with E-state index in [0.29, 0.717) is 24.8 Å². The topological polar surface area (TPSA) is 69.8 Å². The lowest BCUT2D eigenvalue weighted by Gasteiger charge is -2.34. The van der Waals surface area contributed by atoms with Crippen LogP contribution in [-0.4, -0.2) is 64.6 Å². The summed E-state index contributed by atoms with van der Waals surface area (Å²) in [5, 5.41) is 10.0. The highest BCUT2D eigenvalue weighted by molar-refractivity contribution is 5.73. The predicted octanol–water partition coefficient (Wildman–Crippen LogP) is 5.55. The number of aromatic nitrogens is 1. The third-order valence-corrected chi connectivity index (χ3v) is 8.98. The molecular weight excluding hydrogens is 493 g/mol. The van der Waals surface area contributed by atoms with Crippen molar-refractivity contribution in [1.29, 1.82) is 0 Å². The molecule has 39 heavy (non-hydrogen) atoms. The minimum Gasteiger partial charge on any atom is -0.480 e. The van der Waals surface area contributed by atoms with Gasteiger partial charge in [-0.3, -0.25) is 9.69 Å². The first-order valence-corrected chi connectivity index (χ1v) is 14.4. The molecule has 3 fully saturated rings. The number of likely N-dealkylation sites (tertiary alicyclic amines) is 2. The fraction of sp³-hybridized carbons (Fsp3) is 0.500. The van der Waals surface area contributed by atoms with Crippen molar-refractivity contribution in [3.8, 4) is 0 Å². The Morgan fingerprint density at radius 1 is 1.05 bits per heavy atom. The Balaban J connectivity index is 1.09. The molecule has 6 rings (SSSR count). The van der Waals surface area contributed by atoms with Crippen LogP contribution < -0.4 is 0 Å². The van der Waals surface area contributed by atoms with Gasteiger partial charge in [-0.25, -0.2) is 9.37 Å². The average Bonchev–Trinajstić information content (AvgIpc) is 3.49. The normalized spacial score (nSPS) is 23.7. The van der Waals surface area contributed by atoms with Crippen molar-refractivity contribution in [3.05, 3.63) is 89.4 Å². The van der Waals surface area contributed by atoms with E-state index >= 15 is 0 Å². The number of nitrogens with zero attached hydrogens (tertiary/aromatic N) is 3. The first-order valence-electron chi connectivity index (χ1n) is 14.4. The fourth-order valence-electron chi connectivity index (χ4n) is 6.63. The summed E-state index contributed by atoms with van der Waals surface area (Å²) >= 11 is 0. The Labute approximate surface area is 229 Å². The summed E-state index contributed by atoms with van der Waals surface area (Å²) in [6.07, 6.45) is 7.65. The maximum Gasteiger partial charge on any atom is 0.320 e. The quantitative estimate of drug-likeness (QED) is 0.370. The zero-order valence-electron chi connectivity index (χ0n) is 22.4. The van der Waals surface area contributed by atoms with E-state index in [1.54, 1.807) is 12.1 Å². The number of benzene rings is 2. The van der Waals surface area contributed by atoms with E-state index < -0.39 is 12.0 Å². The van der Waals surface area contributed by atoms with E-state index in [1.165, 1.54) is 11.6 Å². The van der Waals surface area contributed by atoms with Crippen molar-refractivity contribution in [2.24, 2.45) is 11.8 Å². The van der Waals surface area contributed by atoms with E-state index in [9.17, 15) is 14.3 Å². The van der Waals surface area contributed by atoms with E-state index in [1.807, 2.05) is 30.5 Å². The predicted molar refractivity (Wildman–Crippen MR) is 147 cm³/mol. The number of halogens is 1. The van der Waals surface area contributed by atoms with Crippen LogP contribution in [0.3, 0.4) is 0 Å². The van der Waals surface area contributed by atoms with Gasteiger partial charge in [0.1, 0.15) is 17.6 Å². The molecule has 6 nitrogen and oxygen atoms in total.